The number of rotatable bonds is 7. The number of nitrogens with one attached hydrogen (secondary N) is 1. The van der Waals surface area contributed by atoms with Crippen LogP contribution in [0.4, 0.5) is 0 Å². The molecule has 1 aliphatic rings. The van der Waals surface area contributed by atoms with Gasteiger partial charge in [0, 0.05) is 24.7 Å². The Kier molecular flexibility index (Phi) is 7.00. The van der Waals surface area contributed by atoms with Crippen LogP contribution >= 0.6 is 0 Å². The maximum atomic E-state index is 3.83. The molecule has 2 atom stereocenters. The maximum absolute atomic E-state index is 3.83. The smallest absolute Gasteiger partial charge is 0.0257 e. The largest absolute Gasteiger partial charge is 0.312 e. The summed E-state index contributed by atoms with van der Waals surface area (Å²) in [4.78, 5) is 2.76. The average Bonchev–Trinajstić information content (AvgIpc) is 2.33. The second-order valence-corrected chi connectivity index (χ2v) is 8.22. The molecule has 2 heteroatoms. The Bertz CT molecular complexity index is 271. The fraction of sp³-hybridized carbons (Fsp3) is 1.00. The predicted molar refractivity (Wildman–Crippen MR) is 90.2 cm³/mol. The van der Waals surface area contributed by atoms with Crippen molar-refractivity contribution in [2.24, 2.45) is 11.3 Å². The molecule has 0 aromatic carbocycles. The molecule has 0 heterocycles. The molecule has 1 aliphatic carbocycles. The van der Waals surface area contributed by atoms with Crippen LogP contribution in [0.15, 0.2) is 0 Å². The number of hydrogen-bond acceptors (Lipinski definition) is 2. The van der Waals surface area contributed by atoms with E-state index in [9.17, 15) is 0 Å². The summed E-state index contributed by atoms with van der Waals surface area (Å²) in [5.41, 5.74) is 0.499. The molecule has 0 aliphatic heterocycles. The normalized spacial score (nSPS) is 26.7. The molecule has 1 N–H and O–H groups in total. The lowest BCUT2D eigenvalue weighted by atomic mass is 9.72. The Balaban J connectivity index is 2.83. The zero-order chi connectivity index (χ0) is 15.3. The SMILES string of the molecule is CCCNC1CCC(C)(C)CC1N(CC(C)C)C(C)C. The first-order chi connectivity index (χ1) is 9.26. The minimum absolute atomic E-state index is 0.499. The predicted octanol–water partition coefficient (Wildman–Crippen LogP) is 4.30. The summed E-state index contributed by atoms with van der Waals surface area (Å²) in [6.07, 6.45) is 5.26. The van der Waals surface area contributed by atoms with Gasteiger partial charge in [-0.1, -0.05) is 34.6 Å². The Hall–Kier alpha value is -0.0800. The first-order valence-electron chi connectivity index (χ1n) is 8.76. The molecule has 0 amide bonds. The van der Waals surface area contributed by atoms with E-state index < -0.39 is 0 Å². The minimum atomic E-state index is 0.499. The van der Waals surface area contributed by atoms with Crippen molar-refractivity contribution in [3.05, 3.63) is 0 Å². The topological polar surface area (TPSA) is 15.3 Å². The van der Waals surface area contributed by atoms with Crippen LogP contribution in [0.5, 0.6) is 0 Å². The second kappa shape index (κ2) is 7.79. The van der Waals surface area contributed by atoms with Crippen LogP contribution in [-0.2, 0) is 0 Å². The molecule has 120 valence electrons. The van der Waals surface area contributed by atoms with Crippen LogP contribution < -0.4 is 5.32 Å². The molecule has 1 saturated carbocycles. The lowest BCUT2D eigenvalue weighted by Crippen LogP contribution is -2.57. The number of nitrogens with zero attached hydrogens (tertiary/aromatic N) is 1. The summed E-state index contributed by atoms with van der Waals surface area (Å²) < 4.78 is 0. The lowest BCUT2D eigenvalue weighted by Gasteiger charge is -2.48. The highest BCUT2D eigenvalue weighted by molar-refractivity contribution is 4.95. The molecule has 1 fully saturated rings. The Morgan fingerprint density at radius 3 is 2.35 bits per heavy atom. The van der Waals surface area contributed by atoms with E-state index in [-0.39, 0.29) is 0 Å². The van der Waals surface area contributed by atoms with E-state index >= 15 is 0 Å². The van der Waals surface area contributed by atoms with Gasteiger partial charge in [-0.3, -0.25) is 4.90 Å². The van der Waals surface area contributed by atoms with Gasteiger partial charge < -0.3 is 5.32 Å². The molecule has 20 heavy (non-hydrogen) atoms. The van der Waals surface area contributed by atoms with E-state index in [1.807, 2.05) is 0 Å². The summed E-state index contributed by atoms with van der Waals surface area (Å²) in [5, 5.41) is 3.83. The van der Waals surface area contributed by atoms with Crippen LogP contribution in [0.2, 0.25) is 0 Å². The quantitative estimate of drug-likeness (QED) is 0.749. The Morgan fingerprint density at radius 2 is 1.85 bits per heavy atom. The van der Waals surface area contributed by atoms with Crippen molar-refractivity contribution in [1.82, 2.24) is 10.2 Å². The molecule has 0 bridgehead atoms. The van der Waals surface area contributed by atoms with E-state index in [1.54, 1.807) is 0 Å². The van der Waals surface area contributed by atoms with Crippen molar-refractivity contribution in [1.29, 1.82) is 0 Å². The van der Waals surface area contributed by atoms with Crippen molar-refractivity contribution < 1.29 is 0 Å². The van der Waals surface area contributed by atoms with Gasteiger partial charge in [-0.05, 0) is 57.4 Å². The molecule has 2 nitrogen and oxygen atoms in total. The molecular formula is C18H38N2. The summed E-state index contributed by atoms with van der Waals surface area (Å²) in [6.45, 7) is 19.0. The van der Waals surface area contributed by atoms with Crippen LogP contribution in [0.3, 0.4) is 0 Å². The van der Waals surface area contributed by atoms with E-state index in [4.69, 9.17) is 0 Å². The van der Waals surface area contributed by atoms with Gasteiger partial charge >= 0.3 is 0 Å². The highest BCUT2D eigenvalue weighted by Gasteiger charge is 2.38. The van der Waals surface area contributed by atoms with Crippen LogP contribution in [0.25, 0.3) is 0 Å². The third kappa shape index (κ3) is 5.37. The van der Waals surface area contributed by atoms with Crippen LogP contribution in [0.1, 0.15) is 74.1 Å². The van der Waals surface area contributed by atoms with E-state index in [2.05, 4.69) is 58.7 Å². The van der Waals surface area contributed by atoms with Crippen LogP contribution in [0, 0.1) is 11.3 Å². The van der Waals surface area contributed by atoms with Gasteiger partial charge in [-0.25, -0.2) is 0 Å². The summed E-state index contributed by atoms with van der Waals surface area (Å²) in [7, 11) is 0. The third-order valence-electron chi connectivity index (χ3n) is 4.68. The molecular weight excluding hydrogens is 244 g/mol. The van der Waals surface area contributed by atoms with Crippen molar-refractivity contribution in [3.8, 4) is 0 Å². The van der Waals surface area contributed by atoms with Gasteiger partial charge in [0.15, 0.2) is 0 Å². The van der Waals surface area contributed by atoms with Crippen molar-refractivity contribution in [2.75, 3.05) is 13.1 Å². The van der Waals surface area contributed by atoms with Gasteiger partial charge in [-0.2, -0.15) is 0 Å². The Morgan fingerprint density at radius 1 is 1.20 bits per heavy atom. The van der Waals surface area contributed by atoms with Gasteiger partial charge in [-0.15, -0.1) is 0 Å². The molecule has 0 saturated heterocycles. The van der Waals surface area contributed by atoms with E-state index in [1.165, 1.54) is 32.2 Å². The fourth-order valence-electron chi connectivity index (χ4n) is 3.62. The van der Waals surface area contributed by atoms with E-state index in [0.29, 0.717) is 23.5 Å². The van der Waals surface area contributed by atoms with Gasteiger partial charge in [0.2, 0.25) is 0 Å². The summed E-state index contributed by atoms with van der Waals surface area (Å²) in [6, 6.07) is 2.03. The third-order valence-corrected chi connectivity index (χ3v) is 4.68. The van der Waals surface area contributed by atoms with Gasteiger partial charge in [0.05, 0.1) is 0 Å². The van der Waals surface area contributed by atoms with Crippen LogP contribution in [-0.4, -0.2) is 36.1 Å². The number of hydrogen-bond donors (Lipinski definition) is 1. The second-order valence-electron chi connectivity index (χ2n) is 8.22. The molecule has 0 spiro atoms. The molecule has 0 aromatic heterocycles. The highest BCUT2D eigenvalue weighted by atomic mass is 15.2. The fourth-order valence-corrected chi connectivity index (χ4v) is 3.62. The average molecular weight is 283 g/mol. The maximum Gasteiger partial charge on any atom is 0.0257 e. The monoisotopic (exact) mass is 282 g/mol. The Labute approximate surface area is 127 Å². The lowest BCUT2D eigenvalue weighted by molar-refractivity contribution is 0.0370. The first kappa shape index (κ1) is 18.0. The van der Waals surface area contributed by atoms with E-state index in [0.717, 1.165) is 12.5 Å². The first-order valence-corrected chi connectivity index (χ1v) is 8.76. The van der Waals surface area contributed by atoms with Gasteiger partial charge in [0.1, 0.15) is 0 Å². The molecule has 0 aromatic rings. The zero-order valence-electron chi connectivity index (χ0n) is 15.0. The molecule has 1 rings (SSSR count). The zero-order valence-corrected chi connectivity index (χ0v) is 15.0. The summed E-state index contributed by atoms with van der Waals surface area (Å²) >= 11 is 0. The standard InChI is InChI=1S/C18H38N2/c1-8-11-19-16-9-10-18(6,7)12-17(16)20(15(4)5)13-14(2)3/h14-17,19H,8-13H2,1-7H3. The van der Waals surface area contributed by atoms with Crippen molar-refractivity contribution in [3.63, 3.8) is 0 Å². The van der Waals surface area contributed by atoms with Crippen molar-refractivity contribution >= 4 is 0 Å². The van der Waals surface area contributed by atoms with Crippen molar-refractivity contribution in [2.45, 2.75) is 92.3 Å². The molecule has 0 radical (unpaired) electrons. The minimum Gasteiger partial charge on any atom is -0.312 e. The highest BCUT2D eigenvalue weighted by Crippen LogP contribution is 2.38. The summed E-state index contributed by atoms with van der Waals surface area (Å²) in [5.74, 6) is 0.745. The molecule has 2 unspecified atom stereocenters. The van der Waals surface area contributed by atoms with Gasteiger partial charge in [0.25, 0.3) is 0 Å².